The number of benzene rings is 1. The number of hydrogen-bond acceptors (Lipinski definition) is 4. The molecule has 0 bridgehead atoms. The molecule has 3 N–H and O–H groups in total. The molecule has 0 spiro atoms. The van der Waals surface area contributed by atoms with Gasteiger partial charge in [-0.15, -0.1) is 0 Å². The number of nitrogens with one attached hydrogen (secondary N) is 2. The van der Waals surface area contributed by atoms with Gasteiger partial charge in [-0.2, -0.15) is 0 Å². The number of amides is 1. The van der Waals surface area contributed by atoms with Gasteiger partial charge in [0.25, 0.3) is 5.56 Å². The minimum absolute atomic E-state index is 0.103. The van der Waals surface area contributed by atoms with Crippen molar-refractivity contribution in [2.75, 3.05) is 5.32 Å². The molecule has 1 amide bonds. The molecule has 1 saturated carbocycles. The first kappa shape index (κ1) is 17.8. The molecule has 7 nitrogen and oxygen atoms in total. The molecule has 1 aromatic heterocycles. The first-order valence-electron chi connectivity index (χ1n) is 8.66. The van der Waals surface area contributed by atoms with Gasteiger partial charge in [-0.25, -0.2) is 4.98 Å². The van der Waals surface area contributed by atoms with Crippen molar-refractivity contribution >= 4 is 17.6 Å². The van der Waals surface area contributed by atoms with Crippen LogP contribution in [0.25, 0.3) is 11.4 Å². The Kier molecular flexibility index (Phi) is 5.16. The summed E-state index contributed by atoms with van der Waals surface area (Å²) >= 11 is 0. The Balaban J connectivity index is 1.75. The van der Waals surface area contributed by atoms with Crippen molar-refractivity contribution in [1.29, 1.82) is 0 Å². The van der Waals surface area contributed by atoms with Crippen molar-refractivity contribution in [1.82, 2.24) is 9.97 Å². The van der Waals surface area contributed by atoms with Crippen LogP contribution in [0.5, 0.6) is 0 Å². The van der Waals surface area contributed by atoms with Crippen LogP contribution >= 0.6 is 0 Å². The number of aromatic nitrogens is 2. The first-order chi connectivity index (χ1) is 12.4. The zero-order valence-electron chi connectivity index (χ0n) is 14.5. The lowest BCUT2D eigenvalue weighted by atomic mass is 9.90. The largest absolute Gasteiger partial charge is 0.481 e. The molecule has 136 valence electrons. The fourth-order valence-electron chi connectivity index (χ4n) is 3.47. The molecule has 1 aromatic carbocycles. The van der Waals surface area contributed by atoms with E-state index in [1.165, 1.54) is 6.07 Å². The van der Waals surface area contributed by atoms with Gasteiger partial charge in [0.05, 0.1) is 0 Å². The number of nitrogens with zero attached hydrogens (tertiary/aromatic N) is 1. The molecule has 1 fully saturated rings. The lowest BCUT2D eigenvalue weighted by Crippen LogP contribution is -2.34. The molecule has 3 rings (SSSR count). The number of carboxylic acids is 1. The molecule has 7 heteroatoms. The Bertz CT molecular complexity index is 867. The summed E-state index contributed by atoms with van der Waals surface area (Å²) in [6.07, 6.45) is 3.49. The minimum Gasteiger partial charge on any atom is -0.481 e. The van der Waals surface area contributed by atoms with Crippen LogP contribution in [-0.4, -0.2) is 27.0 Å². The molecule has 0 saturated heterocycles. The van der Waals surface area contributed by atoms with E-state index in [1.54, 1.807) is 31.2 Å². The van der Waals surface area contributed by atoms with E-state index in [-0.39, 0.29) is 11.5 Å². The number of hydrogen-bond donors (Lipinski definition) is 3. The van der Waals surface area contributed by atoms with Crippen LogP contribution in [0.3, 0.4) is 0 Å². The van der Waals surface area contributed by atoms with Gasteiger partial charge in [0, 0.05) is 23.0 Å². The molecule has 26 heavy (non-hydrogen) atoms. The van der Waals surface area contributed by atoms with Crippen molar-refractivity contribution in [2.24, 2.45) is 11.8 Å². The Labute approximate surface area is 150 Å². The number of anilines is 1. The predicted molar refractivity (Wildman–Crippen MR) is 96.7 cm³/mol. The number of carbonyl (C=O) groups excluding carboxylic acids is 1. The highest BCUT2D eigenvalue weighted by atomic mass is 16.4. The maximum Gasteiger partial charge on any atom is 0.316 e. The highest BCUT2D eigenvalue weighted by Gasteiger charge is 2.36. The number of H-pyrrole nitrogens is 1. The summed E-state index contributed by atoms with van der Waals surface area (Å²) in [6, 6.07) is 8.19. The average molecular weight is 355 g/mol. The summed E-state index contributed by atoms with van der Waals surface area (Å²) < 4.78 is 0. The molecule has 1 heterocycles. The second-order valence-corrected chi connectivity index (χ2v) is 6.66. The molecule has 1 aliphatic rings. The Hall–Kier alpha value is -2.96. The number of aromatic amines is 1. The molecule has 1 atom stereocenters. The van der Waals surface area contributed by atoms with Crippen LogP contribution in [0, 0.1) is 18.8 Å². The summed E-state index contributed by atoms with van der Waals surface area (Å²) in [5.41, 5.74) is 1.60. The SMILES string of the molecule is Cc1cc(=O)[nH]c(-c2ccc(NC(=O)C(C(=O)O)C3CCCC3)cc2)n1. The zero-order valence-corrected chi connectivity index (χ0v) is 14.5. The predicted octanol–water partition coefficient (Wildman–Crippen LogP) is 2.57. The Morgan fingerprint density at radius 3 is 2.46 bits per heavy atom. The maximum atomic E-state index is 12.4. The van der Waals surface area contributed by atoms with Gasteiger partial charge in [-0.3, -0.25) is 14.4 Å². The van der Waals surface area contributed by atoms with Gasteiger partial charge >= 0.3 is 5.97 Å². The van der Waals surface area contributed by atoms with E-state index in [9.17, 15) is 19.5 Å². The van der Waals surface area contributed by atoms with Crippen molar-refractivity contribution in [2.45, 2.75) is 32.6 Å². The van der Waals surface area contributed by atoms with E-state index in [1.807, 2.05) is 0 Å². The number of carbonyl (C=O) groups is 2. The normalized spacial score (nSPS) is 15.6. The second-order valence-electron chi connectivity index (χ2n) is 6.66. The van der Waals surface area contributed by atoms with Crippen molar-refractivity contribution in [3.05, 3.63) is 46.4 Å². The quantitative estimate of drug-likeness (QED) is 0.714. The molecule has 0 radical (unpaired) electrons. The number of carboxylic acid groups (broad SMARTS) is 1. The summed E-state index contributed by atoms with van der Waals surface area (Å²) in [4.78, 5) is 42.4. The standard InChI is InChI=1S/C19H21N3O4/c1-11-10-15(23)22-17(20-11)13-6-8-14(9-7-13)21-18(24)16(19(25)26)12-4-2-3-5-12/h6-10,12,16H,2-5H2,1H3,(H,21,24)(H,25,26)(H,20,22,23). The molecular weight excluding hydrogens is 334 g/mol. The monoisotopic (exact) mass is 355 g/mol. The molecule has 1 aliphatic carbocycles. The Morgan fingerprint density at radius 1 is 1.23 bits per heavy atom. The number of aliphatic carboxylic acids is 1. The smallest absolute Gasteiger partial charge is 0.316 e. The summed E-state index contributed by atoms with van der Waals surface area (Å²) in [5, 5.41) is 12.1. The molecule has 1 unspecified atom stereocenters. The topological polar surface area (TPSA) is 112 Å². The first-order valence-corrected chi connectivity index (χ1v) is 8.66. The summed E-state index contributed by atoms with van der Waals surface area (Å²) in [7, 11) is 0. The van der Waals surface area contributed by atoms with Crippen LogP contribution in [0.4, 0.5) is 5.69 Å². The van der Waals surface area contributed by atoms with E-state index >= 15 is 0 Å². The second kappa shape index (κ2) is 7.51. The van der Waals surface area contributed by atoms with E-state index in [0.29, 0.717) is 22.8 Å². The Morgan fingerprint density at radius 2 is 1.88 bits per heavy atom. The van der Waals surface area contributed by atoms with Gasteiger partial charge < -0.3 is 15.4 Å². The average Bonchev–Trinajstić information content (AvgIpc) is 3.08. The van der Waals surface area contributed by atoms with Gasteiger partial charge in [-0.1, -0.05) is 12.8 Å². The van der Waals surface area contributed by atoms with E-state index < -0.39 is 17.8 Å². The van der Waals surface area contributed by atoms with Gasteiger partial charge in [0.15, 0.2) is 0 Å². The van der Waals surface area contributed by atoms with Crippen LogP contribution in [0.15, 0.2) is 35.1 Å². The molecule has 2 aromatic rings. The lowest BCUT2D eigenvalue weighted by Gasteiger charge is -2.18. The third-order valence-corrected chi connectivity index (χ3v) is 4.72. The van der Waals surface area contributed by atoms with Crippen molar-refractivity contribution in [3.63, 3.8) is 0 Å². The summed E-state index contributed by atoms with van der Waals surface area (Å²) in [5.74, 6) is -2.24. The number of rotatable bonds is 5. The van der Waals surface area contributed by atoms with Crippen LogP contribution in [0.1, 0.15) is 31.4 Å². The molecular formula is C19H21N3O4. The summed E-state index contributed by atoms with van der Waals surface area (Å²) in [6.45, 7) is 1.74. The minimum atomic E-state index is -1.08. The fourth-order valence-corrected chi connectivity index (χ4v) is 3.47. The molecule has 0 aliphatic heterocycles. The third kappa shape index (κ3) is 3.99. The lowest BCUT2D eigenvalue weighted by molar-refractivity contribution is -0.147. The van der Waals surface area contributed by atoms with E-state index in [2.05, 4.69) is 15.3 Å². The van der Waals surface area contributed by atoms with Crippen LogP contribution in [0.2, 0.25) is 0 Å². The van der Waals surface area contributed by atoms with E-state index in [0.717, 1.165) is 25.7 Å². The fraction of sp³-hybridized carbons (Fsp3) is 0.368. The third-order valence-electron chi connectivity index (χ3n) is 4.72. The number of aryl methyl sites for hydroxylation is 1. The van der Waals surface area contributed by atoms with E-state index in [4.69, 9.17) is 0 Å². The zero-order chi connectivity index (χ0) is 18.7. The highest BCUT2D eigenvalue weighted by molar-refractivity contribution is 6.04. The maximum absolute atomic E-state index is 12.4. The van der Waals surface area contributed by atoms with Crippen LogP contribution < -0.4 is 10.9 Å². The van der Waals surface area contributed by atoms with Gasteiger partial charge in [0.1, 0.15) is 11.7 Å². The van der Waals surface area contributed by atoms with Crippen molar-refractivity contribution in [3.8, 4) is 11.4 Å². The van der Waals surface area contributed by atoms with Crippen molar-refractivity contribution < 1.29 is 14.7 Å². The van der Waals surface area contributed by atoms with Gasteiger partial charge in [-0.05, 0) is 49.9 Å². The van der Waals surface area contributed by atoms with Gasteiger partial charge in [0.2, 0.25) is 5.91 Å². The van der Waals surface area contributed by atoms with Crippen LogP contribution in [-0.2, 0) is 9.59 Å². The highest BCUT2D eigenvalue weighted by Crippen LogP contribution is 2.32.